The van der Waals surface area contributed by atoms with Crippen molar-refractivity contribution < 1.29 is 29.3 Å². The maximum Gasteiger partial charge on any atom is 0.166 e. The van der Waals surface area contributed by atoms with Gasteiger partial charge >= 0.3 is 0 Å². The summed E-state index contributed by atoms with van der Waals surface area (Å²) in [5, 5.41) is 29.7. The van der Waals surface area contributed by atoms with Gasteiger partial charge in [0.1, 0.15) is 6.04 Å². The summed E-state index contributed by atoms with van der Waals surface area (Å²) in [4.78, 5) is 0. The fourth-order valence-electron chi connectivity index (χ4n) is 5.01. The van der Waals surface area contributed by atoms with Gasteiger partial charge in [-0.1, -0.05) is 19.4 Å². The van der Waals surface area contributed by atoms with Crippen LogP contribution in [-0.2, 0) is 26.2 Å². The molecule has 170 valence electrons. The molecule has 0 bridgehead atoms. The minimum atomic E-state index is -0.142. The fourth-order valence-corrected chi connectivity index (χ4v) is 5.01. The number of aliphatic hydroxyl groups is 3. The third-order valence-electron chi connectivity index (χ3n) is 6.70. The molecule has 0 aliphatic carbocycles. The van der Waals surface area contributed by atoms with Crippen molar-refractivity contribution in [1.29, 1.82) is 0 Å². The van der Waals surface area contributed by atoms with Gasteiger partial charge in [0, 0.05) is 23.1 Å². The Hall–Kier alpha value is -2.12. The third-order valence-corrected chi connectivity index (χ3v) is 6.70. The van der Waals surface area contributed by atoms with Gasteiger partial charge in [-0.05, 0) is 41.3 Å². The van der Waals surface area contributed by atoms with Crippen LogP contribution < -0.4 is 9.47 Å². The van der Waals surface area contributed by atoms with E-state index in [1.807, 2.05) is 18.2 Å². The van der Waals surface area contributed by atoms with Crippen molar-refractivity contribution in [3.05, 3.63) is 57.6 Å². The molecule has 0 spiro atoms. The maximum absolute atomic E-state index is 10.0. The molecule has 1 heterocycles. The van der Waals surface area contributed by atoms with E-state index >= 15 is 0 Å². The van der Waals surface area contributed by atoms with Crippen molar-refractivity contribution in [3.8, 4) is 11.5 Å². The monoisotopic (exact) mass is 430 g/mol. The van der Waals surface area contributed by atoms with Gasteiger partial charge in [-0.3, -0.25) is 0 Å². The molecule has 3 rings (SSSR count). The van der Waals surface area contributed by atoms with Gasteiger partial charge in [-0.25, -0.2) is 0 Å². The Morgan fingerprint density at radius 2 is 1.61 bits per heavy atom. The number of fused-ring (bicyclic) bond motifs is 1. The van der Waals surface area contributed by atoms with E-state index in [1.54, 1.807) is 14.2 Å². The maximum atomic E-state index is 10.0. The number of ether oxygens (including phenoxy) is 2. The van der Waals surface area contributed by atoms with Crippen LogP contribution in [0.1, 0.15) is 59.2 Å². The summed E-state index contributed by atoms with van der Waals surface area (Å²) in [6.45, 7) is 3.88. The number of nitrogens with zero attached hydrogens (tertiary/aromatic N) is 1. The summed E-state index contributed by atoms with van der Waals surface area (Å²) in [7, 11) is 5.48. The van der Waals surface area contributed by atoms with Crippen LogP contribution in [-0.4, -0.2) is 54.2 Å². The average molecular weight is 431 g/mol. The highest BCUT2D eigenvalue weighted by Crippen LogP contribution is 2.44. The first-order valence-corrected chi connectivity index (χ1v) is 11.0. The molecule has 0 amide bonds. The smallest absolute Gasteiger partial charge is 0.166 e. The van der Waals surface area contributed by atoms with E-state index < -0.39 is 0 Å². The van der Waals surface area contributed by atoms with Gasteiger partial charge in [0.2, 0.25) is 0 Å². The SMILES string of the molecule is CCCC[N@@+]1(C)CCc2cc(CO)c(CO)cc2[C@@H]1c1cc(CO)c(OC)c(OC)c1. The van der Waals surface area contributed by atoms with Crippen LogP contribution in [0.15, 0.2) is 24.3 Å². The highest BCUT2D eigenvalue weighted by atomic mass is 16.5. The molecule has 0 saturated carbocycles. The first-order valence-electron chi connectivity index (χ1n) is 11.0. The zero-order chi connectivity index (χ0) is 22.6. The summed E-state index contributed by atoms with van der Waals surface area (Å²) in [6.07, 6.45) is 3.15. The highest BCUT2D eigenvalue weighted by Gasteiger charge is 2.41. The molecule has 2 aromatic rings. The first kappa shape index (κ1) is 23.5. The van der Waals surface area contributed by atoms with Crippen LogP contribution in [0.4, 0.5) is 0 Å². The second kappa shape index (κ2) is 10.0. The molecule has 0 unspecified atom stereocenters. The average Bonchev–Trinajstić information content (AvgIpc) is 2.80. The molecule has 0 fully saturated rings. The third kappa shape index (κ3) is 4.44. The van der Waals surface area contributed by atoms with Crippen molar-refractivity contribution in [1.82, 2.24) is 0 Å². The summed E-state index contributed by atoms with van der Waals surface area (Å²) < 4.78 is 12.0. The molecular weight excluding hydrogens is 394 g/mol. The first-order chi connectivity index (χ1) is 15.0. The largest absolute Gasteiger partial charge is 0.493 e. The Morgan fingerprint density at radius 3 is 2.19 bits per heavy atom. The number of likely N-dealkylation sites (N-methyl/N-ethyl adjacent to an activating group) is 1. The lowest BCUT2D eigenvalue weighted by atomic mass is 9.83. The zero-order valence-corrected chi connectivity index (χ0v) is 19.1. The van der Waals surface area contributed by atoms with E-state index in [0.717, 1.165) is 53.5 Å². The standard InChI is InChI=1S/C25H36NO5/c1-5-6-8-26(2)9-7-17-10-19(14-27)20(15-28)12-22(17)24(26)18-11-21(16-29)25(31-4)23(13-18)30-3/h10-13,24,27-29H,5-9,14-16H2,1-4H3/q+1/t24-,26-/m0/s1. The number of hydrogen-bond acceptors (Lipinski definition) is 5. The Kier molecular flexibility index (Phi) is 7.59. The highest BCUT2D eigenvalue weighted by molar-refractivity contribution is 5.52. The molecule has 6 nitrogen and oxygen atoms in total. The van der Waals surface area contributed by atoms with Crippen LogP contribution >= 0.6 is 0 Å². The van der Waals surface area contributed by atoms with Gasteiger partial charge in [0.05, 0.1) is 54.2 Å². The van der Waals surface area contributed by atoms with Gasteiger partial charge < -0.3 is 29.3 Å². The summed E-state index contributed by atoms with van der Waals surface area (Å²) in [5.41, 5.74) is 5.68. The van der Waals surface area contributed by atoms with E-state index in [1.165, 1.54) is 11.1 Å². The van der Waals surface area contributed by atoms with Crippen LogP contribution in [0.2, 0.25) is 0 Å². The molecule has 6 heteroatoms. The molecule has 2 atom stereocenters. The molecule has 31 heavy (non-hydrogen) atoms. The van der Waals surface area contributed by atoms with Crippen molar-refractivity contribution in [2.45, 2.75) is 52.0 Å². The van der Waals surface area contributed by atoms with Crippen molar-refractivity contribution >= 4 is 0 Å². The number of rotatable bonds is 9. The van der Waals surface area contributed by atoms with Gasteiger partial charge in [-0.15, -0.1) is 0 Å². The summed E-state index contributed by atoms with van der Waals surface area (Å²) in [5.74, 6) is 1.16. The molecule has 2 aromatic carbocycles. The molecule has 0 radical (unpaired) electrons. The van der Waals surface area contributed by atoms with Crippen LogP contribution in [0.25, 0.3) is 0 Å². The molecule has 1 aliphatic rings. The summed E-state index contributed by atoms with van der Waals surface area (Å²) >= 11 is 0. The topological polar surface area (TPSA) is 79.2 Å². The minimum Gasteiger partial charge on any atom is -0.493 e. The molecular formula is C25H36NO5+. The number of unbranched alkanes of at least 4 members (excludes halogenated alkanes) is 1. The second-order valence-electron chi connectivity index (χ2n) is 8.64. The van der Waals surface area contributed by atoms with E-state index in [2.05, 4.69) is 20.0 Å². The van der Waals surface area contributed by atoms with Gasteiger partial charge in [0.15, 0.2) is 11.5 Å². The van der Waals surface area contributed by atoms with E-state index in [4.69, 9.17) is 9.47 Å². The second-order valence-corrected chi connectivity index (χ2v) is 8.64. The Labute approximate surface area is 185 Å². The van der Waals surface area contributed by atoms with Crippen molar-refractivity contribution in [2.75, 3.05) is 34.4 Å². The lowest BCUT2D eigenvalue weighted by molar-refractivity contribution is -0.935. The molecule has 0 saturated heterocycles. The number of benzene rings is 2. The quantitative estimate of drug-likeness (QED) is 0.533. The number of hydrogen-bond donors (Lipinski definition) is 3. The van der Waals surface area contributed by atoms with Gasteiger partial charge in [0.25, 0.3) is 0 Å². The molecule has 3 N–H and O–H groups in total. The lowest BCUT2D eigenvalue weighted by Crippen LogP contribution is -2.52. The van der Waals surface area contributed by atoms with Crippen molar-refractivity contribution in [2.24, 2.45) is 0 Å². The normalized spacial score (nSPS) is 20.4. The predicted octanol–water partition coefficient (Wildman–Crippen LogP) is 3.07. The zero-order valence-electron chi connectivity index (χ0n) is 19.1. The molecule has 1 aliphatic heterocycles. The van der Waals surface area contributed by atoms with Gasteiger partial charge in [-0.2, -0.15) is 0 Å². The summed E-state index contributed by atoms with van der Waals surface area (Å²) in [6, 6.07) is 8.16. The van der Waals surface area contributed by atoms with E-state index in [-0.39, 0.29) is 25.9 Å². The number of quaternary nitrogens is 1. The Balaban J connectivity index is 2.25. The predicted molar refractivity (Wildman–Crippen MR) is 120 cm³/mol. The lowest BCUT2D eigenvalue weighted by Gasteiger charge is -2.46. The van der Waals surface area contributed by atoms with E-state index in [9.17, 15) is 15.3 Å². The Bertz CT molecular complexity index is 888. The van der Waals surface area contributed by atoms with Crippen molar-refractivity contribution in [3.63, 3.8) is 0 Å². The van der Waals surface area contributed by atoms with Crippen LogP contribution in [0.5, 0.6) is 11.5 Å². The molecule has 0 aromatic heterocycles. The fraction of sp³-hybridized carbons (Fsp3) is 0.520. The minimum absolute atomic E-state index is 0.0263. The number of methoxy groups -OCH3 is 2. The number of aliphatic hydroxyl groups excluding tert-OH is 3. The van der Waals surface area contributed by atoms with Crippen LogP contribution in [0.3, 0.4) is 0 Å². The van der Waals surface area contributed by atoms with E-state index in [0.29, 0.717) is 17.1 Å². The Morgan fingerprint density at radius 1 is 0.935 bits per heavy atom. The van der Waals surface area contributed by atoms with Crippen LogP contribution in [0, 0.1) is 0 Å².